The van der Waals surface area contributed by atoms with Crippen molar-refractivity contribution in [2.45, 2.75) is 33.3 Å². The lowest BCUT2D eigenvalue weighted by molar-refractivity contribution is -0.128. The van der Waals surface area contributed by atoms with Gasteiger partial charge in [-0.05, 0) is 5.92 Å². The van der Waals surface area contributed by atoms with Crippen LogP contribution in [0.15, 0.2) is 0 Å². The molecule has 0 aliphatic heterocycles. The second-order valence-electron chi connectivity index (χ2n) is 2.51. The Morgan fingerprint density at radius 2 is 2.00 bits per heavy atom. The molecule has 9 heavy (non-hydrogen) atoms. The highest BCUT2D eigenvalue weighted by Crippen LogP contribution is 2.03. The van der Waals surface area contributed by atoms with Gasteiger partial charge in [-0.15, -0.1) is 0 Å². The van der Waals surface area contributed by atoms with E-state index in [0.29, 0.717) is 6.42 Å². The molecule has 0 saturated carbocycles. The number of hydrogen-bond acceptors (Lipinski definition) is 2. The average Bonchev–Trinajstić information content (AvgIpc) is 1.84. The average molecular weight is 130 g/mol. The number of hydrogen-bond donors (Lipinski definition) is 1. The highest BCUT2D eigenvalue weighted by atomic mass is 16.3. The number of rotatable bonds is 3. The molecule has 0 aromatic heterocycles. The third-order valence-electron chi connectivity index (χ3n) is 1.31. The fourth-order valence-corrected chi connectivity index (χ4v) is 0.581. The molecule has 2 heteroatoms. The molecule has 0 aromatic rings. The second kappa shape index (κ2) is 3.62. The summed E-state index contributed by atoms with van der Waals surface area (Å²) in [6.07, 6.45) is -0.325. The van der Waals surface area contributed by atoms with Crippen molar-refractivity contribution >= 4 is 5.78 Å². The number of carbonyl (C=O) groups is 1. The second-order valence-corrected chi connectivity index (χ2v) is 2.51. The van der Waals surface area contributed by atoms with Crippen molar-refractivity contribution < 1.29 is 9.90 Å². The Morgan fingerprint density at radius 3 is 2.11 bits per heavy atom. The first-order valence-corrected chi connectivity index (χ1v) is 3.30. The van der Waals surface area contributed by atoms with Crippen molar-refractivity contribution in [1.82, 2.24) is 0 Å². The molecule has 0 saturated heterocycles. The van der Waals surface area contributed by atoms with Crippen LogP contribution in [0.5, 0.6) is 0 Å². The maximum atomic E-state index is 10.7. The molecular formula is C7H14O2. The number of ketones is 1. The monoisotopic (exact) mass is 130 g/mol. The normalized spacial score (nSPS) is 13.9. The van der Waals surface area contributed by atoms with Crippen LogP contribution in [0, 0.1) is 5.92 Å². The van der Waals surface area contributed by atoms with Gasteiger partial charge >= 0.3 is 0 Å². The fraction of sp³-hybridized carbons (Fsp3) is 0.857. The summed E-state index contributed by atoms with van der Waals surface area (Å²) in [7, 11) is 0. The van der Waals surface area contributed by atoms with E-state index in [-0.39, 0.29) is 11.7 Å². The number of aliphatic hydroxyl groups excluding tert-OH is 1. The van der Waals surface area contributed by atoms with E-state index < -0.39 is 6.10 Å². The third kappa shape index (κ3) is 2.61. The van der Waals surface area contributed by atoms with Crippen LogP contribution in [0.25, 0.3) is 0 Å². The number of aliphatic hydroxyl groups is 1. The molecule has 54 valence electrons. The topological polar surface area (TPSA) is 37.3 Å². The highest BCUT2D eigenvalue weighted by Gasteiger charge is 2.15. The lowest BCUT2D eigenvalue weighted by atomic mass is 10.0. The first-order valence-electron chi connectivity index (χ1n) is 3.30. The van der Waals surface area contributed by atoms with Crippen LogP contribution in [0.3, 0.4) is 0 Å². The molecule has 0 aliphatic rings. The molecule has 0 spiro atoms. The van der Waals surface area contributed by atoms with Crippen LogP contribution in [-0.2, 0) is 4.79 Å². The lowest BCUT2D eigenvalue weighted by Crippen LogP contribution is -2.24. The molecule has 0 radical (unpaired) electrons. The van der Waals surface area contributed by atoms with Gasteiger partial charge < -0.3 is 5.11 Å². The van der Waals surface area contributed by atoms with Gasteiger partial charge in [-0.1, -0.05) is 20.8 Å². The van der Waals surface area contributed by atoms with Crippen LogP contribution < -0.4 is 0 Å². The van der Waals surface area contributed by atoms with Crippen molar-refractivity contribution in [2.24, 2.45) is 5.92 Å². The molecule has 0 unspecified atom stereocenters. The summed E-state index contributed by atoms with van der Waals surface area (Å²) in [5, 5.41) is 9.05. The molecular weight excluding hydrogens is 116 g/mol. The zero-order valence-corrected chi connectivity index (χ0v) is 6.22. The lowest BCUT2D eigenvalue weighted by Gasteiger charge is -2.10. The van der Waals surface area contributed by atoms with Crippen LogP contribution in [-0.4, -0.2) is 17.0 Å². The van der Waals surface area contributed by atoms with E-state index in [4.69, 9.17) is 5.11 Å². The van der Waals surface area contributed by atoms with Gasteiger partial charge in [-0.2, -0.15) is 0 Å². The quantitative estimate of drug-likeness (QED) is 0.618. The van der Waals surface area contributed by atoms with E-state index >= 15 is 0 Å². The van der Waals surface area contributed by atoms with Crippen molar-refractivity contribution in [2.75, 3.05) is 0 Å². The zero-order chi connectivity index (χ0) is 7.44. The van der Waals surface area contributed by atoms with Crippen molar-refractivity contribution in [3.63, 3.8) is 0 Å². The predicted octanol–water partition coefficient (Wildman–Crippen LogP) is 0.982. The maximum absolute atomic E-state index is 10.7. The predicted molar refractivity (Wildman–Crippen MR) is 36.1 cm³/mol. The van der Waals surface area contributed by atoms with Gasteiger partial charge in [-0.3, -0.25) is 4.79 Å². The molecule has 0 heterocycles. The van der Waals surface area contributed by atoms with Crippen LogP contribution >= 0.6 is 0 Å². The minimum atomic E-state index is -0.755. The van der Waals surface area contributed by atoms with Gasteiger partial charge in [-0.25, -0.2) is 0 Å². The number of carbonyl (C=O) groups excluding carboxylic acids is 1. The van der Waals surface area contributed by atoms with Gasteiger partial charge in [0.25, 0.3) is 0 Å². The first kappa shape index (κ1) is 8.63. The molecule has 2 nitrogen and oxygen atoms in total. The summed E-state index contributed by atoms with van der Waals surface area (Å²) >= 11 is 0. The van der Waals surface area contributed by atoms with E-state index in [1.807, 2.05) is 13.8 Å². The molecule has 0 fully saturated rings. The minimum absolute atomic E-state index is 0.0532. The summed E-state index contributed by atoms with van der Waals surface area (Å²) in [6, 6.07) is 0. The molecule has 0 bridgehead atoms. The Labute approximate surface area is 55.9 Å². The molecule has 0 rings (SSSR count). The van der Waals surface area contributed by atoms with Gasteiger partial charge in [0, 0.05) is 6.42 Å². The third-order valence-corrected chi connectivity index (χ3v) is 1.31. The molecule has 0 aromatic carbocycles. The molecule has 1 N–H and O–H groups in total. The largest absolute Gasteiger partial charge is 0.385 e. The number of Topliss-reactive ketones (excluding diaryl/α,β-unsaturated/α-hetero) is 1. The van der Waals surface area contributed by atoms with E-state index in [1.54, 1.807) is 6.92 Å². The maximum Gasteiger partial charge on any atom is 0.161 e. The summed E-state index contributed by atoms with van der Waals surface area (Å²) in [6.45, 7) is 5.42. The highest BCUT2D eigenvalue weighted by molar-refractivity contribution is 5.82. The van der Waals surface area contributed by atoms with Crippen molar-refractivity contribution in [1.29, 1.82) is 0 Å². The van der Waals surface area contributed by atoms with Crippen molar-refractivity contribution in [3.8, 4) is 0 Å². The summed E-state index contributed by atoms with van der Waals surface area (Å²) in [5.41, 5.74) is 0. The SMILES string of the molecule is CCC(=O)[C@H](O)C(C)C. The Bertz CT molecular complexity index is 97.1. The van der Waals surface area contributed by atoms with Crippen LogP contribution in [0.4, 0.5) is 0 Å². The van der Waals surface area contributed by atoms with Gasteiger partial charge in [0.1, 0.15) is 6.10 Å². The first-order chi connectivity index (χ1) is 4.09. The molecule has 0 aliphatic carbocycles. The summed E-state index contributed by atoms with van der Waals surface area (Å²) in [4.78, 5) is 10.7. The minimum Gasteiger partial charge on any atom is -0.385 e. The smallest absolute Gasteiger partial charge is 0.161 e. The van der Waals surface area contributed by atoms with E-state index in [2.05, 4.69) is 0 Å². The van der Waals surface area contributed by atoms with Crippen LogP contribution in [0.1, 0.15) is 27.2 Å². The van der Waals surface area contributed by atoms with Gasteiger partial charge in [0.15, 0.2) is 5.78 Å². The van der Waals surface area contributed by atoms with Crippen molar-refractivity contribution in [3.05, 3.63) is 0 Å². The summed E-state index contributed by atoms with van der Waals surface area (Å²) in [5.74, 6) is -0.0116. The standard InChI is InChI=1S/C7H14O2/c1-4-6(8)7(9)5(2)3/h5,7,9H,4H2,1-3H3/t7-/m1/s1. The Kier molecular flexibility index (Phi) is 3.47. The molecule has 1 atom stereocenters. The molecule has 0 amide bonds. The van der Waals surface area contributed by atoms with Gasteiger partial charge in [0.05, 0.1) is 0 Å². The van der Waals surface area contributed by atoms with Crippen LogP contribution in [0.2, 0.25) is 0 Å². The Balaban J connectivity index is 3.72. The van der Waals surface area contributed by atoms with E-state index in [1.165, 1.54) is 0 Å². The van der Waals surface area contributed by atoms with Gasteiger partial charge in [0.2, 0.25) is 0 Å². The zero-order valence-electron chi connectivity index (χ0n) is 6.22. The van der Waals surface area contributed by atoms with E-state index in [9.17, 15) is 4.79 Å². The Morgan fingerprint density at radius 1 is 1.56 bits per heavy atom. The fourth-order valence-electron chi connectivity index (χ4n) is 0.581. The summed E-state index contributed by atoms with van der Waals surface area (Å²) < 4.78 is 0. The van der Waals surface area contributed by atoms with E-state index in [0.717, 1.165) is 0 Å². The Hall–Kier alpha value is -0.370.